The molecule has 0 radical (unpaired) electrons. The van der Waals surface area contributed by atoms with Crippen molar-refractivity contribution in [1.29, 1.82) is 0 Å². The minimum Gasteiger partial charge on any atom is -0.338 e. The molecular weight excluding hydrogens is 284 g/mol. The fourth-order valence-electron chi connectivity index (χ4n) is 4.01. The van der Waals surface area contributed by atoms with Crippen molar-refractivity contribution in [3.05, 3.63) is 0 Å². The fourth-order valence-corrected chi connectivity index (χ4v) is 4.01. The third-order valence-corrected chi connectivity index (χ3v) is 5.29. The lowest BCUT2D eigenvalue weighted by Gasteiger charge is -2.39. The summed E-state index contributed by atoms with van der Waals surface area (Å²) in [7, 11) is 0. The number of hydrogen-bond acceptors (Lipinski definition) is 3. The molecule has 0 saturated carbocycles. The van der Waals surface area contributed by atoms with Gasteiger partial charge in [0.25, 0.3) is 5.91 Å². The molecule has 3 fully saturated rings. The van der Waals surface area contributed by atoms with E-state index >= 15 is 0 Å². The molecule has 1 N–H and O–H groups in total. The second kappa shape index (κ2) is 5.44. The Hall–Kier alpha value is -1.79. The van der Waals surface area contributed by atoms with Crippen LogP contribution in [0.4, 0.5) is 9.59 Å². The molecule has 0 bridgehead atoms. The number of imide groups is 1. The van der Waals surface area contributed by atoms with Crippen LogP contribution < -0.4 is 5.32 Å². The smallest absolute Gasteiger partial charge is 0.327 e. The highest BCUT2D eigenvalue weighted by atomic mass is 16.2. The predicted molar refractivity (Wildman–Crippen MR) is 80.2 cm³/mol. The first-order valence-electron chi connectivity index (χ1n) is 8.16. The third kappa shape index (κ3) is 2.23. The van der Waals surface area contributed by atoms with Crippen LogP contribution in [0.5, 0.6) is 0 Å². The molecule has 0 aromatic rings. The molecule has 1 spiro atoms. The van der Waals surface area contributed by atoms with Crippen LogP contribution in [0, 0.1) is 5.41 Å². The highest BCUT2D eigenvalue weighted by Crippen LogP contribution is 2.46. The SMILES string of the molecule is CCNC(=O)N1CCC2(CC1)CC1C(=O)N(CC)C(=O)N1C2. The Morgan fingerprint density at radius 3 is 2.50 bits per heavy atom. The predicted octanol–water partition coefficient (Wildman–Crippen LogP) is 0.855. The molecule has 3 rings (SSSR count). The number of likely N-dealkylation sites (N-methyl/N-ethyl adjacent to an activating group) is 1. The second-order valence-electron chi connectivity index (χ2n) is 6.54. The van der Waals surface area contributed by atoms with Crippen molar-refractivity contribution in [3.8, 4) is 0 Å². The van der Waals surface area contributed by atoms with Gasteiger partial charge in [-0.3, -0.25) is 9.69 Å². The van der Waals surface area contributed by atoms with Crippen LogP contribution in [0.2, 0.25) is 0 Å². The van der Waals surface area contributed by atoms with E-state index in [1.807, 2.05) is 18.7 Å². The number of piperidine rings is 1. The lowest BCUT2D eigenvalue weighted by molar-refractivity contribution is -0.128. The molecule has 3 saturated heterocycles. The monoisotopic (exact) mass is 308 g/mol. The Morgan fingerprint density at radius 1 is 1.27 bits per heavy atom. The van der Waals surface area contributed by atoms with Gasteiger partial charge < -0.3 is 15.1 Å². The highest BCUT2D eigenvalue weighted by Gasteiger charge is 2.56. The van der Waals surface area contributed by atoms with Crippen molar-refractivity contribution >= 4 is 18.0 Å². The van der Waals surface area contributed by atoms with Gasteiger partial charge in [-0.15, -0.1) is 0 Å². The van der Waals surface area contributed by atoms with E-state index in [9.17, 15) is 14.4 Å². The normalized spacial score (nSPS) is 26.8. The number of urea groups is 2. The summed E-state index contributed by atoms with van der Waals surface area (Å²) in [6, 6.07) is -0.427. The minimum atomic E-state index is -0.275. The maximum atomic E-state index is 12.3. The molecule has 1 atom stereocenters. The maximum Gasteiger partial charge on any atom is 0.327 e. The molecule has 122 valence electrons. The van der Waals surface area contributed by atoms with E-state index in [1.54, 1.807) is 4.90 Å². The standard InChI is InChI=1S/C15H24N4O3/c1-3-16-13(21)17-7-5-15(6-8-17)9-11-12(20)18(4-2)14(22)19(11)10-15/h11H,3-10H2,1-2H3,(H,16,21). The van der Waals surface area contributed by atoms with Crippen molar-refractivity contribution in [3.63, 3.8) is 0 Å². The van der Waals surface area contributed by atoms with Gasteiger partial charge in [-0.1, -0.05) is 0 Å². The van der Waals surface area contributed by atoms with Crippen molar-refractivity contribution in [2.75, 3.05) is 32.7 Å². The minimum absolute atomic E-state index is 0.0127. The number of rotatable bonds is 2. The van der Waals surface area contributed by atoms with Crippen LogP contribution in [0.25, 0.3) is 0 Å². The zero-order valence-electron chi connectivity index (χ0n) is 13.3. The van der Waals surface area contributed by atoms with Crippen LogP contribution in [0.3, 0.4) is 0 Å². The Morgan fingerprint density at radius 2 is 1.95 bits per heavy atom. The van der Waals surface area contributed by atoms with E-state index in [4.69, 9.17) is 0 Å². The highest BCUT2D eigenvalue weighted by molar-refractivity contribution is 6.04. The van der Waals surface area contributed by atoms with Crippen molar-refractivity contribution in [2.45, 2.75) is 39.2 Å². The number of likely N-dealkylation sites (tertiary alicyclic amines) is 1. The van der Waals surface area contributed by atoms with Gasteiger partial charge in [0.05, 0.1) is 0 Å². The van der Waals surface area contributed by atoms with Crippen molar-refractivity contribution < 1.29 is 14.4 Å². The van der Waals surface area contributed by atoms with E-state index in [1.165, 1.54) is 4.90 Å². The van der Waals surface area contributed by atoms with Crippen LogP contribution in [0.1, 0.15) is 33.1 Å². The number of fused-ring (bicyclic) bond motifs is 1. The number of carbonyl (C=O) groups excluding carboxylic acids is 3. The first-order valence-corrected chi connectivity index (χ1v) is 8.16. The lowest BCUT2D eigenvalue weighted by atomic mass is 9.76. The summed E-state index contributed by atoms with van der Waals surface area (Å²) in [6.07, 6.45) is 2.48. The van der Waals surface area contributed by atoms with Gasteiger partial charge in [-0.2, -0.15) is 0 Å². The summed E-state index contributed by atoms with van der Waals surface area (Å²) >= 11 is 0. The molecule has 22 heavy (non-hydrogen) atoms. The average Bonchev–Trinajstić information content (AvgIpc) is 2.97. The van der Waals surface area contributed by atoms with Crippen LogP contribution in [0.15, 0.2) is 0 Å². The number of nitrogens with zero attached hydrogens (tertiary/aromatic N) is 3. The molecule has 1 unspecified atom stereocenters. The fraction of sp³-hybridized carbons (Fsp3) is 0.800. The largest absolute Gasteiger partial charge is 0.338 e. The number of carbonyl (C=O) groups is 3. The molecule has 3 aliphatic rings. The van der Waals surface area contributed by atoms with Gasteiger partial charge in [0.2, 0.25) is 0 Å². The van der Waals surface area contributed by atoms with Crippen molar-refractivity contribution in [1.82, 2.24) is 20.0 Å². The van der Waals surface area contributed by atoms with Gasteiger partial charge in [-0.05, 0) is 38.5 Å². The number of amides is 5. The molecule has 7 nitrogen and oxygen atoms in total. The molecular formula is C15H24N4O3. The molecule has 0 aromatic heterocycles. The van der Waals surface area contributed by atoms with Gasteiger partial charge in [0, 0.05) is 32.7 Å². The van der Waals surface area contributed by atoms with E-state index in [-0.39, 0.29) is 29.4 Å². The van der Waals surface area contributed by atoms with Gasteiger partial charge >= 0.3 is 12.1 Å². The molecule has 5 amide bonds. The summed E-state index contributed by atoms with van der Waals surface area (Å²) in [4.78, 5) is 41.4. The van der Waals surface area contributed by atoms with E-state index in [0.29, 0.717) is 32.7 Å². The zero-order valence-corrected chi connectivity index (χ0v) is 13.3. The maximum absolute atomic E-state index is 12.3. The topological polar surface area (TPSA) is 73.0 Å². The Balaban J connectivity index is 1.64. The quantitative estimate of drug-likeness (QED) is 0.769. The Labute approximate surface area is 130 Å². The zero-order chi connectivity index (χ0) is 15.9. The first-order chi connectivity index (χ1) is 10.5. The average molecular weight is 308 g/mol. The summed E-state index contributed by atoms with van der Waals surface area (Å²) in [5, 5.41) is 2.82. The van der Waals surface area contributed by atoms with Gasteiger partial charge in [0.15, 0.2) is 0 Å². The summed E-state index contributed by atoms with van der Waals surface area (Å²) in [5.74, 6) is -0.0458. The third-order valence-electron chi connectivity index (χ3n) is 5.29. The van der Waals surface area contributed by atoms with Crippen molar-refractivity contribution in [2.24, 2.45) is 5.41 Å². The van der Waals surface area contributed by atoms with Gasteiger partial charge in [0.1, 0.15) is 6.04 Å². The first kappa shape index (κ1) is 15.1. The molecule has 0 aliphatic carbocycles. The Kier molecular flexibility index (Phi) is 3.74. The van der Waals surface area contributed by atoms with E-state index in [2.05, 4.69) is 5.32 Å². The van der Waals surface area contributed by atoms with E-state index < -0.39 is 0 Å². The molecule has 3 aliphatic heterocycles. The Bertz CT molecular complexity index is 473. The van der Waals surface area contributed by atoms with E-state index in [0.717, 1.165) is 19.3 Å². The van der Waals surface area contributed by atoms with Crippen LogP contribution >= 0.6 is 0 Å². The lowest BCUT2D eigenvalue weighted by Crippen LogP contribution is -2.48. The summed E-state index contributed by atoms with van der Waals surface area (Å²) in [6.45, 7) is 6.87. The van der Waals surface area contributed by atoms with Crippen LogP contribution in [-0.2, 0) is 4.79 Å². The van der Waals surface area contributed by atoms with Crippen LogP contribution in [-0.4, -0.2) is 71.4 Å². The second-order valence-corrected chi connectivity index (χ2v) is 6.54. The summed E-state index contributed by atoms with van der Waals surface area (Å²) < 4.78 is 0. The van der Waals surface area contributed by atoms with Gasteiger partial charge in [-0.25, -0.2) is 9.59 Å². The number of hydrogen-bond donors (Lipinski definition) is 1. The number of nitrogens with one attached hydrogen (secondary N) is 1. The molecule has 0 aromatic carbocycles. The summed E-state index contributed by atoms with van der Waals surface area (Å²) in [5.41, 5.74) is 0.0127. The molecule has 7 heteroatoms. The molecule has 3 heterocycles.